The Morgan fingerprint density at radius 2 is 1.50 bits per heavy atom. The lowest BCUT2D eigenvalue weighted by atomic mass is 10.1. The number of fused-ring (bicyclic) bond motifs is 2. The smallest absolute Gasteiger partial charge is 0.337 e. The highest BCUT2D eigenvalue weighted by atomic mass is 16.5. The number of benzene rings is 2. The Labute approximate surface area is 149 Å². The number of ether oxygens (including phenoxy) is 4. The minimum absolute atomic E-state index is 0.0290. The van der Waals surface area contributed by atoms with Crippen molar-refractivity contribution in [3.63, 3.8) is 0 Å². The first-order chi connectivity index (χ1) is 12.5. The number of aromatic carboxylic acids is 1. The fourth-order valence-corrected chi connectivity index (χ4v) is 2.84. The van der Waals surface area contributed by atoms with Gasteiger partial charge in [-0.15, -0.1) is 0 Å². The molecule has 26 heavy (non-hydrogen) atoms. The van der Waals surface area contributed by atoms with Gasteiger partial charge in [0.25, 0.3) is 0 Å². The van der Waals surface area contributed by atoms with Gasteiger partial charge < -0.3 is 24.1 Å². The van der Waals surface area contributed by atoms with Crippen molar-refractivity contribution in [1.29, 1.82) is 0 Å². The van der Waals surface area contributed by atoms with Gasteiger partial charge in [0.15, 0.2) is 0 Å². The van der Waals surface area contributed by atoms with Gasteiger partial charge in [-0.05, 0) is 12.1 Å². The number of rotatable bonds is 6. The number of hydrogen-bond acceptors (Lipinski definition) is 7. The number of carbonyl (C=O) groups is 1. The summed E-state index contributed by atoms with van der Waals surface area (Å²) in [7, 11) is 6.09. The molecule has 8 nitrogen and oxygen atoms in total. The lowest BCUT2D eigenvalue weighted by Gasteiger charge is -2.15. The minimum atomic E-state index is -1.10. The Bertz CT molecular complexity index is 1000. The second-order valence-corrected chi connectivity index (χ2v) is 5.43. The van der Waals surface area contributed by atoms with Gasteiger partial charge in [-0.2, -0.15) is 0 Å². The molecule has 0 aliphatic heterocycles. The predicted octanol–water partition coefficient (Wildman–Crippen LogP) is 2.65. The average Bonchev–Trinajstić information content (AvgIpc) is 2.65. The van der Waals surface area contributed by atoms with Gasteiger partial charge in [0.1, 0.15) is 39.3 Å². The molecule has 1 heterocycles. The summed E-state index contributed by atoms with van der Waals surface area (Å²) in [6, 6.07) is 4.67. The van der Waals surface area contributed by atoms with Gasteiger partial charge in [0, 0.05) is 18.7 Å². The molecule has 0 spiro atoms. The Hall–Kier alpha value is -3.13. The fourth-order valence-electron chi connectivity index (χ4n) is 2.84. The van der Waals surface area contributed by atoms with Gasteiger partial charge in [-0.25, -0.2) is 14.8 Å². The maximum Gasteiger partial charge on any atom is 0.337 e. The third-order valence-electron chi connectivity index (χ3n) is 4.04. The van der Waals surface area contributed by atoms with Crippen LogP contribution in [0.3, 0.4) is 0 Å². The second kappa shape index (κ2) is 7.01. The maximum atomic E-state index is 11.6. The van der Waals surface area contributed by atoms with Gasteiger partial charge in [-0.1, -0.05) is 0 Å². The lowest BCUT2D eigenvalue weighted by molar-refractivity contribution is 0.0699. The monoisotopic (exact) mass is 358 g/mol. The van der Waals surface area contributed by atoms with E-state index in [1.807, 2.05) is 0 Å². The molecule has 3 rings (SSSR count). The van der Waals surface area contributed by atoms with E-state index in [1.165, 1.54) is 27.4 Å². The van der Waals surface area contributed by atoms with Crippen molar-refractivity contribution in [3.05, 3.63) is 29.3 Å². The lowest BCUT2D eigenvalue weighted by Crippen LogP contribution is -2.05. The standard InChI is InChI=1S/C18H18N2O6/c1-23-8-10-12(25-3)7-13(26-4)17-15(10)20-16-11(24-2)6-5-9(18(21)22)14(16)19-17/h5-7H,8H2,1-4H3,(H,21,22). The third-order valence-corrected chi connectivity index (χ3v) is 4.04. The maximum absolute atomic E-state index is 11.6. The van der Waals surface area contributed by atoms with Crippen molar-refractivity contribution in [2.24, 2.45) is 0 Å². The van der Waals surface area contributed by atoms with Crippen molar-refractivity contribution in [2.75, 3.05) is 28.4 Å². The van der Waals surface area contributed by atoms with Crippen LogP contribution < -0.4 is 14.2 Å². The van der Waals surface area contributed by atoms with Crippen LogP contribution in [-0.2, 0) is 11.3 Å². The molecule has 8 heteroatoms. The van der Waals surface area contributed by atoms with Crippen LogP contribution in [0.5, 0.6) is 17.2 Å². The van der Waals surface area contributed by atoms with E-state index in [0.29, 0.717) is 39.4 Å². The molecule has 0 saturated heterocycles. The summed E-state index contributed by atoms with van der Waals surface area (Å²) in [6.45, 7) is 0.241. The van der Waals surface area contributed by atoms with Crippen molar-refractivity contribution in [3.8, 4) is 17.2 Å². The Morgan fingerprint density at radius 1 is 0.885 bits per heavy atom. The van der Waals surface area contributed by atoms with Crippen molar-refractivity contribution in [2.45, 2.75) is 6.61 Å². The minimum Gasteiger partial charge on any atom is -0.496 e. The molecular formula is C18H18N2O6. The van der Waals surface area contributed by atoms with Crippen LogP contribution in [0, 0.1) is 0 Å². The topological polar surface area (TPSA) is 100 Å². The van der Waals surface area contributed by atoms with Crippen molar-refractivity contribution < 1.29 is 28.8 Å². The van der Waals surface area contributed by atoms with Crippen molar-refractivity contribution in [1.82, 2.24) is 9.97 Å². The molecule has 0 aliphatic carbocycles. The second-order valence-electron chi connectivity index (χ2n) is 5.43. The summed E-state index contributed by atoms with van der Waals surface area (Å²) in [4.78, 5) is 20.8. The van der Waals surface area contributed by atoms with E-state index in [4.69, 9.17) is 18.9 Å². The SMILES string of the molecule is COCc1c(OC)cc(OC)c2nc3c(C(=O)O)ccc(OC)c3nc12. The fraction of sp³-hybridized carbons (Fsp3) is 0.278. The summed E-state index contributed by atoms with van der Waals surface area (Å²) in [5.41, 5.74) is 2.19. The van der Waals surface area contributed by atoms with Gasteiger partial charge >= 0.3 is 5.97 Å². The number of carboxylic acids is 1. The van der Waals surface area contributed by atoms with Crippen LogP contribution >= 0.6 is 0 Å². The Kier molecular flexibility index (Phi) is 4.77. The highest BCUT2D eigenvalue weighted by molar-refractivity contribution is 6.05. The van der Waals surface area contributed by atoms with Gasteiger partial charge in [0.05, 0.1) is 33.5 Å². The molecule has 0 bridgehead atoms. The molecule has 0 fully saturated rings. The van der Waals surface area contributed by atoms with Crippen LogP contribution in [0.2, 0.25) is 0 Å². The zero-order valence-electron chi connectivity index (χ0n) is 14.8. The zero-order valence-corrected chi connectivity index (χ0v) is 14.8. The van der Waals surface area contributed by atoms with Crippen LogP contribution in [0.1, 0.15) is 15.9 Å². The molecule has 0 amide bonds. The van der Waals surface area contributed by atoms with E-state index < -0.39 is 5.97 Å². The van der Waals surface area contributed by atoms with E-state index in [0.717, 1.165) is 0 Å². The Morgan fingerprint density at radius 3 is 2.08 bits per heavy atom. The molecular weight excluding hydrogens is 340 g/mol. The summed E-state index contributed by atoms with van der Waals surface area (Å²) in [5, 5.41) is 9.49. The molecule has 0 aliphatic rings. The molecule has 0 atom stereocenters. The van der Waals surface area contributed by atoms with E-state index in [-0.39, 0.29) is 17.7 Å². The first kappa shape index (κ1) is 17.7. The number of methoxy groups -OCH3 is 4. The van der Waals surface area contributed by atoms with Gasteiger partial charge in [-0.3, -0.25) is 0 Å². The average molecular weight is 358 g/mol. The molecule has 0 radical (unpaired) electrons. The zero-order chi connectivity index (χ0) is 18.8. The van der Waals surface area contributed by atoms with Gasteiger partial charge in [0.2, 0.25) is 0 Å². The molecule has 1 N–H and O–H groups in total. The summed E-state index contributed by atoms with van der Waals surface area (Å²) < 4.78 is 21.4. The number of hydrogen-bond donors (Lipinski definition) is 1. The number of carboxylic acid groups (broad SMARTS) is 1. The van der Waals surface area contributed by atoms with E-state index in [2.05, 4.69) is 9.97 Å². The normalized spacial score (nSPS) is 10.9. The third kappa shape index (κ3) is 2.74. The summed E-state index contributed by atoms with van der Waals surface area (Å²) >= 11 is 0. The molecule has 0 unspecified atom stereocenters. The summed E-state index contributed by atoms with van der Waals surface area (Å²) in [6.07, 6.45) is 0. The molecule has 2 aromatic carbocycles. The first-order valence-corrected chi connectivity index (χ1v) is 7.70. The van der Waals surface area contributed by atoms with Crippen LogP contribution in [0.25, 0.3) is 22.1 Å². The Balaban J connectivity index is 2.52. The largest absolute Gasteiger partial charge is 0.496 e. The quantitative estimate of drug-likeness (QED) is 0.671. The van der Waals surface area contributed by atoms with Crippen LogP contribution in [0.15, 0.2) is 18.2 Å². The highest BCUT2D eigenvalue weighted by Gasteiger charge is 2.21. The van der Waals surface area contributed by atoms with E-state index in [1.54, 1.807) is 19.2 Å². The van der Waals surface area contributed by atoms with Crippen LogP contribution in [0.4, 0.5) is 0 Å². The summed E-state index contributed by atoms with van der Waals surface area (Å²) in [5.74, 6) is 0.281. The number of aromatic nitrogens is 2. The molecule has 3 aromatic rings. The van der Waals surface area contributed by atoms with E-state index in [9.17, 15) is 9.90 Å². The van der Waals surface area contributed by atoms with Crippen molar-refractivity contribution >= 4 is 28.0 Å². The molecule has 1 aromatic heterocycles. The molecule has 136 valence electrons. The van der Waals surface area contributed by atoms with E-state index >= 15 is 0 Å². The van der Waals surface area contributed by atoms with Crippen LogP contribution in [-0.4, -0.2) is 49.5 Å². The highest BCUT2D eigenvalue weighted by Crippen LogP contribution is 2.37. The molecule has 0 saturated carbocycles. The predicted molar refractivity (Wildman–Crippen MR) is 94.4 cm³/mol. The number of nitrogens with zero attached hydrogens (tertiary/aromatic N) is 2. The first-order valence-electron chi connectivity index (χ1n) is 7.70.